The highest BCUT2D eigenvalue weighted by Gasteiger charge is 2.21. The normalized spacial score (nSPS) is 11.6. The van der Waals surface area contributed by atoms with Crippen LogP contribution in [0.2, 0.25) is 0 Å². The lowest BCUT2D eigenvalue weighted by molar-refractivity contribution is 1.07. The summed E-state index contributed by atoms with van der Waals surface area (Å²) in [6, 6.07) is 95.0. The average Bonchev–Trinajstić information content (AvgIpc) is 3.45. The van der Waals surface area contributed by atoms with E-state index in [1.54, 1.807) is 11.3 Å². The molecule has 388 valence electrons. The Morgan fingerprint density at radius 2 is 0.590 bits per heavy atom. The zero-order valence-corrected chi connectivity index (χ0v) is 45.2. The second-order valence-electron chi connectivity index (χ2n) is 20.6. The van der Waals surface area contributed by atoms with Crippen LogP contribution in [0.1, 0.15) is 0 Å². The fourth-order valence-corrected chi connectivity index (χ4v) is 12.5. The molecule has 10 heteroatoms. The number of para-hydroxylation sites is 1. The summed E-state index contributed by atoms with van der Waals surface area (Å²) in [7, 11) is 0. The molecule has 16 aromatic rings. The maximum atomic E-state index is 5.24. The minimum Gasteiger partial charge on any atom is -0.309 e. The van der Waals surface area contributed by atoms with Gasteiger partial charge in [-0.1, -0.05) is 206 Å². The topological polar surface area (TPSA) is 100 Å². The number of rotatable bonds is 10. The molecule has 0 aliphatic rings. The van der Waals surface area contributed by atoms with Gasteiger partial charge in [-0.3, -0.25) is 0 Å². The Balaban J connectivity index is 0.833. The number of nitrogens with zero attached hydrogens (tertiary/aromatic N) is 9. The Morgan fingerprint density at radius 3 is 1.06 bits per heavy atom. The van der Waals surface area contributed by atoms with Gasteiger partial charge in [-0.05, 0) is 77.9 Å². The van der Waals surface area contributed by atoms with E-state index in [4.69, 9.17) is 34.9 Å². The molecule has 0 aliphatic heterocycles. The van der Waals surface area contributed by atoms with Crippen molar-refractivity contribution in [2.45, 2.75) is 0 Å². The first-order valence-corrected chi connectivity index (χ1v) is 28.4. The van der Waals surface area contributed by atoms with Crippen molar-refractivity contribution >= 4 is 65.2 Å². The van der Waals surface area contributed by atoms with Gasteiger partial charge >= 0.3 is 0 Å². The Bertz CT molecular complexity index is 5020. The summed E-state index contributed by atoms with van der Waals surface area (Å²) in [5.74, 6) is 3.70. The lowest BCUT2D eigenvalue weighted by Crippen LogP contribution is -2.01. The van der Waals surface area contributed by atoms with Gasteiger partial charge in [0.05, 0.1) is 32.3 Å². The van der Waals surface area contributed by atoms with Crippen molar-refractivity contribution in [1.29, 1.82) is 0 Å². The van der Waals surface area contributed by atoms with Crippen LogP contribution in [0.3, 0.4) is 0 Å². The summed E-state index contributed by atoms with van der Waals surface area (Å²) < 4.78 is 5.85. The second-order valence-corrected chi connectivity index (χ2v) is 21.6. The van der Waals surface area contributed by atoms with Crippen molar-refractivity contribution in [1.82, 2.24) is 44.0 Å². The first kappa shape index (κ1) is 47.9. The van der Waals surface area contributed by atoms with Gasteiger partial charge in [-0.15, -0.1) is 11.3 Å². The van der Waals surface area contributed by atoms with Gasteiger partial charge in [-0.2, -0.15) is 0 Å². The summed E-state index contributed by atoms with van der Waals surface area (Å²) in [6.07, 6.45) is 0. The van der Waals surface area contributed by atoms with E-state index in [9.17, 15) is 0 Å². The summed E-state index contributed by atoms with van der Waals surface area (Å²) in [5.41, 5.74) is 16.1. The quantitative estimate of drug-likeness (QED) is 0.134. The highest BCUT2D eigenvalue weighted by Crippen LogP contribution is 2.42. The maximum absolute atomic E-state index is 5.24. The molecule has 0 radical (unpaired) electrons. The molecule has 0 atom stereocenters. The lowest BCUT2D eigenvalue weighted by Gasteiger charge is -2.12. The van der Waals surface area contributed by atoms with Gasteiger partial charge in [0, 0.05) is 71.9 Å². The molecule has 9 nitrogen and oxygen atoms in total. The molecule has 16 rings (SSSR count). The standard InChI is InChI=1S/C73H45N9S/c1-6-20-46(21-7-1)67-75-68(47-22-8-2-9-23-47)78-71(77-67)53-30-18-32-55(40-53)81-62-35-17-16-34-57(62)58-42-51(36-38-63(58)81)52-37-39-64-59(43-52)60-44-66-61(74-73(83-66)50-28-14-5-15-29-50)45-65(60)82(64)56-33-19-31-54(41-56)72-79-69(48-24-10-3-11-25-48)76-70(80-72)49-26-12-4-13-27-49/h1-45H. The first-order chi connectivity index (χ1) is 41.1. The Morgan fingerprint density at radius 1 is 0.229 bits per heavy atom. The third-order valence-corrected chi connectivity index (χ3v) is 16.5. The van der Waals surface area contributed by atoms with Crippen LogP contribution >= 0.6 is 11.3 Å². The Labute approximate surface area is 480 Å². The molecule has 11 aromatic carbocycles. The van der Waals surface area contributed by atoms with Crippen molar-refractivity contribution in [2.24, 2.45) is 0 Å². The van der Waals surface area contributed by atoms with Crippen molar-refractivity contribution in [2.75, 3.05) is 0 Å². The first-order valence-electron chi connectivity index (χ1n) is 27.5. The fourth-order valence-electron chi connectivity index (χ4n) is 11.5. The molecule has 0 bridgehead atoms. The number of aromatic nitrogens is 9. The third-order valence-electron chi connectivity index (χ3n) is 15.4. The zero-order valence-electron chi connectivity index (χ0n) is 44.4. The van der Waals surface area contributed by atoms with Crippen molar-refractivity contribution in [3.63, 3.8) is 0 Å². The fraction of sp³-hybridized carbons (Fsp3) is 0. The molecule has 0 unspecified atom stereocenters. The molecule has 5 aromatic heterocycles. The van der Waals surface area contributed by atoms with E-state index >= 15 is 0 Å². The molecule has 0 aliphatic carbocycles. The van der Waals surface area contributed by atoms with E-state index in [-0.39, 0.29) is 0 Å². The monoisotopic (exact) mass is 1080 g/mol. The number of benzene rings is 11. The van der Waals surface area contributed by atoms with E-state index in [1.807, 2.05) is 127 Å². The number of thiazole rings is 1. The lowest BCUT2D eigenvalue weighted by atomic mass is 10.0. The van der Waals surface area contributed by atoms with Crippen LogP contribution in [0.4, 0.5) is 0 Å². The minimum atomic E-state index is 0.596. The van der Waals surface area contributed by atoms with Crippen molar-refractivity contribution in [3.05, 3.63) is 273 Å². The number of hydrogen-bond acceptors (Lipinski definition) is 8. The molecule has 0 saturated carbocycles. The van der Waals surface area contributed by atoms with Crippen LogP contribution in [-0.2, 0) is 0 Å². The Kier molecular flexibility index (Phi) is 11.5. The van der Waals surface area contributed by atoms with Gasteiger partial charge in [0.1, 0.15) is 5.01 Å². The van der Waals surface area contributed by atoms with E-state index in [0.717, 1.165) is 120 Å². The van der Waals surface area contributed by atoms with Gasteiger partial charge in [0.2, 0.25) is 0 Å². The average molecular weight is 1080 g/mol. The van der Waals surface area contributed by atoms with Gasteiger partial charge in [0.25, 0.3) is 0 Å². The van der Waals surface area contributed by atoms with Crippen LogP contribution in [0.25, 0.3) is 155 Å². The SMILES string of the molecule is c1ccc(-c2nc(-c3ccccc3)nc(-c3cccc(-n4c5ccccc5c5cc(-c6ccc7c(c6)c6cc8sc(-c9ccccc9)nc8cc6n7-c6cccc(-c7nc(-c8ccccc8)nc(-c8ccccc8)n7)c6)ccc54)c3)n2)cc1. The van der Waals surface area contributed by atoms with Gasteiger partial charge in [0.15, 0.2) is 34.9 Å². The predicted octanol–water partition coefficient (Wildman–Crippen LogP) is 18.2. The molecule has 0 amide bonds. The molecule has 0 fully saturated rings. The van der Waals surface area contributed by atoms with Crippen molar-refractivity contribution < 1.29 is 0 Å². The Hall–Kier alpha value is -11.1. The van der Waals surface area contributed by atoms with Crippen LogP contribution in [0, 0.1) is 0 Å². The summed E-state index contributed by atoms with van der Waals surface area (Å²) in [5, 5.41) is 5.59. The van der Waals surface area contributed by atoms with Crippen molar-refractivity contribution in [3.8, 4) is 101 Å². The molecular formula is C73H45N9S. The largest absolute Gasteiger partial charge is 0.309 e. The highest BCUT2D eigenvalue weighted by molar-refractivity contribution is 7.21. The highest BCUT2D eigenvalue weighted by atomic mass is 32.1. The zero-order chi connectivity index (χ0) is 54.8. The molecule has 0 saturated heterocycles. The predicted molar refractivity (Wildman–Crippen MR) is 339 cm³/mol. The summed E-state index contributed by atoms with van der Waals surface area (Å²) in [4.78, 5) is 35.6. The third kappa shape index (κ3) is 8.60. The minimum absolute atomic E-state index is 0.596. The van der Waals surface area contributed by atoms with Gasteiger partial charge in [-0.25, -0.2) is 34.9 Å². The molecule has 0 N–H and O–H groups in total. The van der Waals surface area contributed by atoms with Crippen LogP contribution < -0.4 is 0 Å². The van der Waals surface area contributed by atoms with Gasteiger partial charge < -0.3 is 9.13 Å². The van der Waals surface area contributed by atoms with E-state index in [2.05, 4.69) is 155 Å². The molecule has 83 heavy (non-hydrogen) atoms. The second kappa shape index (κ2) is 19.9. The van der Waals surface area contributed by atoms with Crippen LogP contribution in [0.15, 0.2) is 273 Å². The smallest absolute Gasteiger partial charge is 0.164 e. The molecule has 5 heterocycles. The summed E-state index contributed by atoms with van der Waals surface area (Å²) >= 11 is 1.72. The van der Waals surface area contributed by atoms with Crippen LogP contribution in [-0.4, -0.2) is 44.0 Å². The molecular weight excluding hydrogens is 1030 g/mol. The van der Waals surface area contributed by atoms with Crippen LogP contribution in [0.5, 0.6) is 0 Å². The molecule has 0 spiro atoms. The number of hydrogen-bond donors (Lipinski definition) is 0. The van der Waals surface area contributed by atoms with E-state index in [0.29, 0.717) is 34.9 Å². The van der Waals surface area contributed by atoms with E-state index in [1.165, 1.54) is 0 Å². The number of fused-ring (bicyclic) bond motifs is 7. The van der Waals surface area contributed by atoms with E-state index < -0.39 is 0 Å². The maximum Gasteiger partial charge on any atom is 0.164 e. The summed E-state index contributed by atoms with van der Waals surface area (Å²) in [6.45, 7) is 0.